The van der Waals surface area contributed by atoms with Gasteiger partial charge in [0.05, 0.1) is 11.4 Å². The third-order valence-electron chi connectivity index (χ3n) is 6.96. The maximum atomic E-state index is 12.1. The second-order valence-corrected chi connectivity index (χ2v) is 12.2. The number of imide groups is 2. The van der Waals surface area contributed by atoms with E-state index in [0.29, 0.717) is 34.4 Å². The Labute approximate surface area is 244 Å². The predicted molar refractivity (Wildman–Crippen MR) is 160 cm³/mol. The number of amides is 4. The molecule has 0 spiro atoms. The van der Waals surface area contributed by atoms with Crippen LogP contribution in [0.1, 0.15) is 52.7 Å². The molecule has 0 aromatic heterocycles. The van der Waals surface area contributed by atoms with Gasteiger partial charge < -0.3 is 9.47 Å². The van der Waals surface area contributed by atoms with Crippen LogP contribution in [0, 0.1) is 0 Å². The summed E-state index contributed by atoms with van der Waals surface area (Å²) in [4.78, 5) is 50.4. The summed E-state index contributed by atoms with van der Waals surface area (Å²) >= 11 is 0. The Morgan fingerprint density at radius 1 is 0.476 bits per heavy atom. The summed E-state index contributed by atoms with van der Waals surface area (Å²) in [5.41, 5.74) is 2.16. The van der Waals surface area contributed by atoms with Gasteiger partial charge in [-0.05, 0) is 71.5 Å². The van der Waals surface area contributed by atoms with Crippen LogP contribution in [0.25, 0.3) is 0 Å². The Bertz CT molecular complexity index is 1490. The van der Waals surface area contributed by atoms with Crippen molar-refractivity contribution in [3.05, 3.63) is 96.1 Å². The van der Waals surface area contributed by atoms with Gasteiger partial charge in [-0.1, -0.05) is 41.5 Å². The summed E-state index contributed by atoms with van der Waals surface area (Å²) in [7, 11) is 0. The zero-order valence-electron chi connectivity index (χ0n) is 24.4. The maximum Gasteiger partial charge on any atom is 0.258 e. The first-order chi connectivity index (χ1) is 19.7. The summed E-state index contributed by atoms with van der Waals surface area (Å²) in [5, 5.41) is 0. The molecular formula is C34H32N2O6. The predicted octanol–water partition coefficient (Wildman–Crippen LogP) is 6.73. The van der Waals surface area contributed by atoms with Crippen LogP contribution in [0.15, 0.2) is 85.0 Å². The van der Waals surface area contributed by atoms with E-state index in [1.807, 2.05) is 12.1 Å². The summed E-state index contributed by atoms with van der Waals surface area (Å²) in [5.74, 6) is 0.935. The average Bonchev–Trinajstić information content (AvgIpc) is 3.43. The molecule has 8 heteroatoms. The number of carbonyl (C=O) groups is 4. The Morgan fingerprint density at radius 3 is 1.02 bits per heavy atom. The molecule has 0 N–H and O–H groups in total. The molecule has 0 bridgehead atoms. The largest absolute Gasteiger partial charge is 0.457 e. The van der Waals surface area contributed by atoms with Gasteiger partial charge in [-0.3, -0.25) is 19.2 Å². The van der Waals surface area contributed by atoms with Gasteiger partial charge in [0.2, 0.25) is 0 Å². The first-order valence-electron chi connectivity index (χ1n) is 13.6. The van der Waals surface area contributed by atoms with Crippen molar-refractivity contribution in [3.63, 3.8) is 0 Å². The summed E-state index contributed by atoms with van der Waals surface area (Å²) in [6, 6.07) is 17.6. The zero-order valence-corrected chi connectivity index (χ0v) is 24.4. The second kappa shape index (κ2) is 10.4. The third-order valence-corrected chi connectivity index (χ3v) is 6.96. The summed E-state index contributed by atoms with van der Waals surface area (Å²) in [6.07, 6.45) is 5.01. The van der Waals surface area contributed by atoms with E-state index in [2.05, 4.69) is 41.5 Å². The smallest absolute Gasteiger partial charge is 0.258 e. The molecule has 8 nitrogen and oxygen atoms in total. The summed E-state index contributed by atoms with van der Waals surface area (Å²) in [6.45, 7) is 12.5. The fraction of sp³-hybridized carbons (Fsp3) is 0.235. The van der Waals surface area contributed by atoms with E-state index in [0.717, 1.165) is 20.9 Å². The average molecular weight is 565 g/mol. The molecule has 0 saturated carbocycles. The quantitative estimate of drug-likeness (QED) is 0.309. The highest BCUT2D eigenvalue weighted by atomic mass is 16.5. The van der Waals surface area contributed by atoms with E-state index >= 15 is 0 Å². The molecule has 0 saturated heterocycles. The van der Waals surface area contributed by atoms with Crippen LogP contribution in [-0.4, -0.2) is 23.6 Å². The van der Waals surface area contributed by atoms with Gasteiger partial charge in [-0.2, -0.15) is 0 Å². The Balaban J connectivity index is 1.46. The third kappa shape index (κ3) is 5.61. The molecule has 5 rings (SSSR count). The van der Waals surface area contributed by atoms with E-state index in [9.17, 15) is 19.2 Å². The fourth-order valence-electron chi connectivity index (χ4n) is 4.79. The highest BCUT2D eigenvalue weighted by Crippen LogP contribution is 2.44. The van der Waals surface area contributed by atoms with Crippen LogP contribution in [0.2, 0.25) is 0 Å². The molecule has 42 heavy (non-hydrogen) atoms. The van der Waals surface area contributed by atoms with Crippen LogP contribution >= 0.6 is 0 Å². The van der Waals surface area contributed by atoms with Crippen molar-refractivity contribution in [1.29, 1.82) is 0 Å². The summed E-state index contributed by atoms with van der Waals surface area (Å²) < 4.78 is 12.8. The van der Waals surface area contributed by atoms with E-state index < -0.39 is 0 Å². The lowest BCUT2D eigenvalue weighted by atomic mass is 9.81. The molecule has 2 aliphatic rings. The van der Waals surface area contributed by atoms with Gasteiger partial charge in [0.1, 0.15) is 23.0 Å². The molecule has 0 fully saturated rings. The van der Waals surface area contributed by atoms with Crippen LogP contribution in [-0.2, 0) is 30.0 Å². The molecule has 0 atom stereocenters. The molecule has 2 aliphatic heterocycles. The van der Waals surface area contributed by atoms with E-state index in [1.165, 1.54) is 24.3 Å². The number of rotatable bonds is 6. The van der Waals surface area contributed by atoms with Crippen LogP contribution in [0.4, 0.5) is 11.4 Å². The number of nitrogens with zero attached hydrogens (tertiary/aromatic N) is 2. The van der Waals surface area contributed by atoms with Crippen molar-refractivity contribution < 1.29 is 28.7 Å². The molecule has 3 aromatic carbocycles. The minimum atomic E-state index is -0.376. The lowest BCUT2D eigenvalue weighted by Crippen LogP contribution is -2.29. The Kier molecular flexibility index (Phi) is 7.10. The van der Waals surface area contributed by atoms with Crippen molar-refractivity contribution >= 4 is 35.0 Å². The van der Waals surface area contributed by atoms with Gasteiger partial charge in [0.25, 0.3) is 23.6 Å². The number of benzene rings is 3. The first kappa shape index (κ1) is 28.5. The lowest BCUT2D eigenvalue weighted by Gasteiger charge is -2.29. The van der Waals surface area contributed by atoms with E-state index in [1.54, 1.807) is 48.5 Å². The van der Waals surface area contributed by atoms with Crippen LogP contribution in [0.3, 0.4) is 0 Å². The van der Waals surface area contributed by atoms with Crippen molar-refractivity contribution in [3.8, 4) is 23.0 Å². The van der Waals surface area contributed by atoms with Crippen LogP contribution < -0.4 is 19.3 Å². The molecule has 0 unspecified atom stereocenters. The number of ether oxygens (including phenoxy) is 2. The van der Waals surface area contributed by atoms with Crippen LogP contribution in [0.5, 0.6) is 23.0 Å². The van der Waals surface area contributed by atoms with Crippen molar-refractivity contribution in [2.75, 3.05) is 9.80 Å². The van der Waals surface area contributed by atoms with E-state index in [4.69, 9.17) is 9.47 Å². The second-order valence-electron chi connectivity index (χ2n) is 12.2. The van der Waals surface area contributed by atoms with Gasteiger partial charge in [0.15, 0.2) is 0 Å². The Morgan fingerprint density at radius 2 is 0.762 bits per heavy atom. The van der Waals surface area contributed by atoms with Crippen molar-refractivity contribution in [2.45, 2.75) is 52.4 Å². The molecule has 2 heterocycles. The number of anilines is 2. The highest BCUT2D eigenvalue weighted by Gasteiger charge is 2.29. The van der Waals surface area contributed by atoms with Gasteiger partial charge in [0, 0.05) is 35.4 Å². The molecule has 0 aliphatic carbocycles. The maximum absolute atomic E-state index is 12.1. The monoisotopic (exact) mass is 564 g/mol. The van der Waals surface area contributed by atoms with E-state index in [-0.39, 0.29) is 34.5 Å². The SMILES string of the molecule is CC(C)(C)c1cc(Oc2ccc(N3C(=O)C=CC3=O)cc2)c(C(C)(C)C)cc1Oc1ccc(N2C(=O)C=CC2=O)cc1. The molecular weight excluding hydrogens is 532 g/mol. The number of hydrogen-bond donors (Lipinski definition) is 0. The standard InChI is InChI=1S/C34H32N2O6/c1-33(2,3)25-19-28(42-24-13-9-22(10-14-24)36-31(39)17-18-32(36)40)26(34(4,5)6)20-27(25)41-23-11-7-21(8-12-23)35-29(37)15-16-30(35)38/h7-20H,1-6H3. The van der Waals surface area contributed by atoms with Gasteiger partial charge >= 0.3 is 0 Å². The fourth-order valence-corrected chi connectivity index (χ4v) is 4.79. The molecule has 214 valence electrons. The molecule has 4 amide bonds. The Hall–Kier alpha value is -4.98. The molecule has 0 radical (unpaired) electrons. The topological polar surface area (TPSA) is 93.2 Å². The van der Waals surface area contributed by atoms with Crippen molar-refractivity contribution in [2.24, 2.45) is 0 Å². The number of carbonyl (C=O) groups excluding carboxylic acids is 4. The van der Waals surface area contributed by atoms with Crippen molar-refractivity contribution in [1.82, 2.24) is 0 Å². The number of hydrogen-bond acceptors (Lipinski definition) is 6. The molecule has 3 aromatic rings. The first-order valence-corrected chi connectivity index (χ1v) is 13.6. The highest BCUT2D eigenvalue weighted by molar-refractivity contribution is 6.28. The lowest BCUT2D eigenvalue weighted by molar-refractivity contribution is -0.121. The normalized spacial score (nSPS) is 15.3. The van der Waals surface area contributed by atoms with Gasteiger partial charge in [-0.15, -0.1) is 0 Å². The zero-order chi connectivity index (χ0) is 30.4. The van der Waals surface area contributed by atoms with Gasteiger partial charge in [-0.25, -0.2) is 9.80 Å². The minimum absolute atomic E-state index is 0.308. The minimum Gasteiger partial charge on any atom is -0.457 e.